The van der Waals surface area contributed by atoms with E-state index in [1.807, 2.05) is 0 Å². The molecule has 0 bridgehead atoms. The van der Waals surface area contributed by atoms with Crippen molar-refractivity contribution in [3.63, 3.8) is 0 Å². The molecule has 2 unspecified atom stereocenters. The molecule has 0 nitrogen and oxygen atoms in total. The number of thioether (sulfide) groups is 1. The van der Waals surface area contributed by atoms with E-state index in [9.17, 15) is 0 Å². The first-order chi connectivity index (χ1) is 9.69. The minimum atomic E-state index is 0.563. The molecule has 0 aromatic heterocycles. The van der Waals surface area contributed by atoms with Crippen molar-refractivity contribution in [2.24, 2.45) is 5.92 Å². The van der Waals surface area contributed by atoms with Gasteiger partial charge >= 0.3 is 0 Å². The summed E-state index contributed by atoms with van der Waals surface area (Å²) < 4.78 is 0. The van der Waals surface area contributed by atoms with Crippen LogP contribution in [0, 0.1) is 12.8 Å². The Morgan fingerprint density at radius 1 is 1.10 bits per heavy atom. The Labute approximate surface area is 126 Å². The Bertz CT molecular complexity index is 587. The largest absolute Gasteiger partial charge is 0.122 e. The molecule has 0 radical (unpaired) electrons. The molecule has 1 aromatic carbocycles. The van der Waals surface area contributed by atoms with Gasteiger partial charge in [-0.15, -0.1) is 11.8 Å². The minimum absolute atomic E-state index is 0.563. The lowest BCUT2D eigenvalue weighted by Gasteiger charge is -2.20. The van der Waals surface area contributed by atoms with Crippen LogP contribution in [-0.2, 0) is 0 Å². The van der Waals surface area contributed by atoms with Gasteiger partial charge in [0.1, 0.15) is 0 Å². The normalized spacial score (nSPS) is 24.9. The van der Waals surface area contributed by atoms with Crippen LogP contribution in [0.3, 0.4) is 0 Å². The average molecular weight is 282 g/mol. The maximum Gasteiger partial charge on any atom is 0.0380 e. The van der Waals surface area contributed by atoms with Crippen LogP contribution >= 0.6 is 11.8 Å². The summed E-state index contributed by atoms with van der Waals surface area (Å²) in [6, 6.07) is 9.06. The van der Waals surface area contributed by atoms with Gasteiger partial charge in [-0.3, -0.25) is 0 Å². The van der Waals surface area contributed by atoms with E-state index < -0.39 is 0 Å². The van der Waals surface area contributed by atoms with Crippen molar-refractivity contribution in [2.75, 3.05) is 0 Å². The Morgan fingerprint density at radius 3 is 2.55 bits per heavy atom. The van der Waals surface area contributed by atoms with E-state index in [1.54, 1.807) is 10.5 Å². The predicted octanol–water partition coefficient (Wildman–Crippen LogP) is 5.75. The van der Waals surface area contributed by atoms with Crippen LogP contribution in [0.2, 0.25) is 0 Å². The van der Waals surface area contributed by atoms with Crippen LogP contribution in [-0.4, -0.2) is 5.25 Å². The fraction of sp³-hybridized carbons (Fsp3) is 0.368. The van der Waals surface area contributed by atoms with Crippen molar-refractivity contribution in [1.29, 1.82) is 0 Å². The number of fused-ring (bicyclic) bond motifs is 1. The zero-order chi connectivity index (χ0) is 14.1. The maximum atomic E-state index is 2.44. The third kappa shape index (κ3) is 2.52. The zero-order valence-corrected chi connectivity index (χ0v) is 13.3. The van der Waals surface area contributed by atoms with Gasteiger partial charge < -0.3 is 0 Å². The first-order valence-corrected chi connectivity index (χ1v) is 8.40. The third-order valence-corrected chi connectivity index (χ3v) is 5.51. The Morgan fingerprint density at radius 2 is 1.85 bits per heavy atom. The van der Waals surface area contributed by atoms with Crippen molar-refractivity contribution in [3.05, 3.63) is 64.1 Å². The predicted molar refractivity (Wildman–Crippen MR) is 90.8 cm³/mol. The standard InChI is InChI=1S/C19H22S/c1-4-5-17-19(15-9-6-13(2)7-10-15)16-11-8-14(3)12-18(16)20-17/h6-12,16,18H,4-5H2,1-3H3. The molecule has 0 fully saturated rings. The van der Waals surface area contributed by atoms with Crippen molar-refractivity contribution in [3.8, 4) is 0 Å². The molecule has 104 valence electrons. The van der Waals surface area contributed by atoms with Gasteiger partial charge in [-0.25, -0.2) is 0 Å². The number of aryl methyl sites for hydroxylation is 1. The lowest BCUT2D eigenvalue weighted by Crippen LogP contribution is -2.12. The Balaban J connectivity index is 2.01. The van der Waals surface area contributed by atoms with Gasteiger partial charge in [-0.05, 0) is 36.3 Å². The quantitative estimate of drug-likeness (QED) is 0.679. The molecule has 0 N–H and O–H groups in total. The van der Waals surface area contributed by atoms with Crippen LogP contribution < -0.4 is 0 Å². The summed E-state index contributed by atoms with van der Waals surface area (Å²) in [6.07, 6.45) is 9.56. The molecule has 1 aliphatic heterocycles. The molecule has 0 amide bonds. The van der Waals surface area contributed by atoms with E-state index in [2.05, 4.69) is 75.0 Å². The molecule has 3 rings (SSSR count). The van der Waals surface area contributed by atoms with Gasteiger partial charge in [-0.1, -0.05) is 67.0 Å². The van der Waals surface area contributed by atoms with E-state index in [-0.39, 0.29) is 0 Å². The molecule has 1 aromatic rings. The summed E-state index contributed by atoms with van der Waals surface area (Å²) in [5, 5.41) is 0.609. The highest BCUT2D eigenvalue weighted by molar-refractivity contribution is 8.04. The third-order valence-electron chi connectivity index (χ3n) is 4.10. The van der Waals surface area contributed by atoms with E-state index in [0.29, 0.717) is 11.2 Å². The molecule has 1 heterocycles. The summed E-state index contributed by atoms with van der Waals surface area (Å²) >= 11 is 2.08. The van der Waals surface area contributed by atoms with Crippen molar-refractivity contribution in [2.45, 2.75) is 38.9 Å². The highest BCUT2D eigenvalue weighted by Gasteiger charge is 2.34. The lowest BCUT2D eigenvalue weighted by molar-refractivity contribution is 0.861. The number of hydrogen-bond donors (Lipinski definition) is 0. The molecule has 0 saturated carbocycles. The van der Waals surface area contributed by atoms with Crippen molar-refractivity contribution >= 4 is 17.3 Å². The van der Waals surface area contributed by atoms with Crippen LogP contribution in [0.25, 0.3) is 5.57 Å². The molecule has 1 aliphatic carbocycles. The number of benzene rings is 1. The molecule has 0 spiro atoms. The second-order valence-electron chi connectivity index (χ2n) is 5.83. The smallest absolute Gasteiger partial charge is 0.0380 e. The van der Waals surface area contributed by atoms with E-state index in [4.69, 9.17) is 0 Å². The van der Waals surface area contributed by atoms with Gasteiger partial charge in [-0.2, -0.15) is 0 Å². The van der Waals surface area contributed by atoms with Crippen LogP contribution in [0.4, 0.5) is 0 Å². The first kappa shape index (κ1) is 13.8. The molecular formula is C19H22S. The summed E-state index contributed by atoms with van der Waals surface area (Å²) in [4.78, 5) is 1.60. The van der Waals surface area contributed by atoms with Crippen LogP contribution in [0.15, 0.2) is 53.0 Å². The fourth-order valence-electron chi connectivity index (χ4n) is 3.07. The van der Waals surface area contributed by atoms with Crippen molar-refractivity contribution < 1.29 is 0 Å². The summed E-state index contributed by atoms with van der Waals surface area (Å²) in [5.41, 5.74) is 5.72. The lowest BCUT2D eigenvalue weighted by atomic mass is 9.85. The highest BCUT2D eigenvalue weighted by Crippen LogP contribution is 2.51. The van der Waals surface area contributed by atoms with Gasteiger partial charge in [0.05, 0.1) is 0 Å². The van der Waals surface area contributed by atoms with Crippen molar-refractivity contribution in [1.82, 2.24) is 0 Å². The average Bonchev–Trinajstić information content (AvgIpc) is 2.77. The fourth-order valence-corrected chi connectivity index (χ4v) is 4.76. The second kappa shape index (κ2) is 5.65. The van der Waals surface area contributed by atoms with Gasteiger partial charge in [0.2, 0.25) is 0 Å². The van der Waals surface area contributed by atoms with Crippen LogP contribution in [0.1, 0.15) is 37.8 Å². The van der Waals surface area contributed by atoms with E-state index in [0.717, 1.165) is 0 Å². The van der Waals surface area contributed by atoms with Gasteiger partial charge in [0.25, 0.3) is 0 Å². The molecule has 1 heteroatoms. The molecule has 2 aliphatic rings. The number of hydrogen-bond acceptors (Lipinski definition) is 1. The molecule has 20 heavy (non-hydrogen) atoms. The molecule has 2 atom stereocenters. The number of allylic oxidation sites excluding steroid dienone is 5. The van der Waals surface area contributed by atoms with Crippen LogP contribution in [0.5, 0.6) is 0 Å². The first-order valence-electron chi connectivity index (χ1n) is 7.52. The highest BCUT2D eigenvalue weighted by atomic mass is 32.2. The SMILES string of the molecule is CCCC1=C(c2ccc(C)cc2)C2C=CC(C)=CC2S1. The maximum absolute atomic E-state index is 2.44. The summed E-state index contributed by atoms with van der Waals surface area (Å²) in [7, 11) is 0. The summed E-state index contributed by atoms with van der Waals surface area (Å²) in [5.74, 6) is 0.563. The number of rotatable bonds is 3. The second-order valence-corrected chi connectivity index (χ2v) is 7.10. The minimum Gasteiger partial charge on any atom is -0.122 e. The molecule has 0 saturated heterocycles. The Hall–Kier alpha value is -1.21. The topological polar surface area (TPSA) is 0 Å². The van der Waals surface area contributed by atoms with Gasteiger partial charge in [0.15, 0.2) is 0 Å². The van der Waals surface area contributed by atoms with E-state index in [1.165, 1.54) is 29.5 Å². The monoisotopic (exact) mass is 282 g/mol. The Kier molecular flexibility index (Phi) is 3.89. The molecular weight excluding hydrogens is 260 g/mol. The summed E-state index contributed by atoms with van der Waals surface area (Å²) in [6.45, 7) is 6.64. The zero-order valence-electron chi connectivity index (χ0n) is 12.5. The van der Waals surface area contributed by atoms with E-state index >= 15 is 0 Å². The van der Waals surface area contributed by atoms with Gasteiger partial charge in [0, 0.05) is 11.2 Å².